The summed E-state index contributed by atoms with van der Waals surface area (Å²) in [7, 11) is 3.00. The summed E-state index contributed by atoms with van der Waals surface area (Å²) in [6, 6.07) is 3.87. The van der Waals surface area contributed by atoms with E-state index in [2.05, 4.69) is 23.0 Å². The molecule has 1 aromatic heterocycles. The average Bonchev–Trinajstić information content (AvgIpc) is 3.27. The van der Waals surface area contributed by atoms with Crippen LogP contribution in [0.3, 0.4) is 0 Å². The summed E-state index contributed by atoms with van der Waals surface area (Å²) in [5, 5.41) is 5.28. The largest absolute Gasteiger partial charge is 0.466 e. The van der Waals surface area contributed by atoms with Crippen LogP contribution >= 0.6 is 0 Å². The number of halogens is 1. The van der Waals surface area contributed by atoms with Crippen molar-refractivity contribution in [3.8, 4) is 0 Å². The molecule has 1 aliphatic heterocycles. The third-order valence-corrected chi connectivity index (χ3v) is 7.00. The molecular formula is C28H34FN3O4. The maximum atomic E-state index is 15.1. The van der Waals surface area contributed by atoms with Crippen molar-refractivity contribution in [3.63, 3.8) is 0 Å². The van der Waals surface area contributed by atoms with Crippen LogP contribution in [-0.2, 0) is 20.7 Å². The number of rotatable bonds is 6. The van der Waals surface area contributed by atoms with Gasteiger partial charge in [-0.25, -0.2) is 13.9 Å². The quantitative estimate of drug-likeness (QED) is 0.431. The van der Waals surface area contributed by atoms with Gasteiger partial charge in [0.05, 0.1) is 24.9 Å². The van der Waals surface area contributed by atoms with E-state index in [1.807, 2.05) is 24.3 Å². The van der Waals surface area contributed by atoms with E-state index >= 15 is 4.39 Å². The molecule has 7 nitrogen and oxygen atoms in total. The highest BCUT2D eigenvalue weighted by atomic mass is 19.1. The molecule has 36 heavy (non-hydrogen) atoms. The van der Waals surface area contributed by atoms with Crippen LogP contribution in [0.5, 0.6) is 0 Å². The van der Waals surface area contributed by atoms with Gasteiger partial charge in [0.2, 0.25) is 5.91 Å². The molecule has 1 aromatic carbocycles. The SMILES string of the molecule is COC(=O)/C=C/C1=CC(OC)C([C@@H]2c3ccc4c(cnn4C(C)=O)c3C[C@@H](C)N2CC(C)(C)F)C=C1. The van der Waals surface area contributed by atoms with E-state index in [1.165, 1.54) is 24.8 Å². The van der Waals surface area contributed by atoms with E-state index in [9.17, 15) is 9.59 Å². The number of esters is 1. The molecule has 4 rings (SSSR count). The van der Waals surface area contributed by atoms with Gasteiger partial charge in [-0.1, -0.05) is 18.2 Å². The van der Waals surface area contributed by atoms with Crippen LogP contribution in [0.2, 0.25) is 0 Å². The maximum absolute atomic E-state index is 15.1. The predicted molar refractivity (Wildman–Crippen MR) is 136 cm³/mol. The molecule has 0 N–H and O–H groups in total. The first-order valence-corrected chi connectivity index (χ1v) is 12.2. The minimum absolute atomic E-state index is 0.0549. The summed E-state index contributed by atoms with van der Waals surface area (Å²) in [6.07, 6.45) is 11.3. The van der Waals surface area contributed by atoms with E-state index in [0.29, 0.717) is 0 Å². The summed E-state index contributed by atoms with van der Waals surface area (Å²) in [6.45, 7) is 7.09. The number of hydrogen-bond donors (Lipinski definition) is 0. The number of allylic oxidation sites excluding steroid dienone is 3. The van der Waals surface area contributed by atoms with Crippen molar-refractivity contribution in [2.75, 3.05) is 20.8 Å². The van der Waals surface area contributed by atoms with Crippen LogP contribution in [0.4, 0.5) is 4.39 Å². The van der Waals surface area contributed by atoms with Crippen molar-refractivity contribution in [2.24, 2.45) is 5.92 Å². The molecule has 0 saturated carbocycles. The number of fused-ring (bicyclic) bond motifs is 3. The molecule has 2 heterocycles. The Balaban J connectivity index is 1.81. The van der Waals surface area contributed by atoms with Crippen molar-refractivity contribution in [1.29, 1.82) is 0 Å². The van der Waals surface area contributed by atoms with Crippen LogP contribution in [-0.4, -0.2) is 65.1 Å². The second-order valence-electron chi connectivity index (χ2n) is 10.2. The van der Waals surface area contributed by atoms with Crippen LogP contribution in [0.25, 0.3) is 10.9 Å². The molecule has 0 saturated heterocycles. The summed E-state index contributed by atoms with van der Waals surface area (Å²) in [4.78, 5) is 25.9. The number of alkyl halides is 1. The number of benzene rings is 1. The summed E-state index contributed by atoms with van der Waals surface area (Å²) in [5.41, 5.74) is 2.45. The highest BCUT2D eigenvalue weighted by Gasteiger charge is 2.42. The molecule has 0 spiro atoms. The van der Waals surface area contributed by atoms with Crippen LogP contribution in [0.1, 0.15) is 49.7 Å². The van der Waals surface area contributed by atoms with Crippen molar-refractivity contribution >= 4 is 22.8 Å². The average molecular weight is 496 g/mol. The fourth-order valence-corrected chi connectivity index (χ4v) is 5.46. The number of carbonyl (C=O) groups excluding carboxylic acids is 2. The topological polar surface area (TPSA) is 73.7 Å². The Bertz CT molecular complexity index is 1250. The zero-order chi connectivity index (χ0) is 26.2. The monoisotopic (exact) mass is 495 g/mol. The van der Waals surface area contributed by atoms with Crippen molar-refractivity contribution in [3.05, 3.63) is 65.4 Å². The maximum Gasteiger partial charge on any atom is 0.330 e. The summed E-state index contributed by atoms with van der Waals surface area (Å²) < 4.78 is 27.1. The molecule has 0 radical (unpaired) electrons. The molecular weight excluding hydrogens is 461 g/mol. The normalized spacial score (nSPS) is 24.7. The fourth-order valence-electron chi connectivity index (χ4n) is 5.46. The zero-order valence-electron chi connectivity index (χ0n) is 21.7. The Morgan fingerprint density at radius 3 is 2.67 bits per heavy atom. The molecule has 0 bridgehead atoms. The molecule has 4 atom stereocenters. The lowest BCUT2D eigenvalue weighted by Crippen LogP contribution is -2.51. The van der Waals surface area contributed by atoms with Gasteiger partial charge in [-0.05, 0) is 62.1 Å². The smallest absolute Gasteiger partial charge is 0.330 e. The summed E-state index contributed by atoms with van der Waals surface area (Å²) in [5.74, 6) is -0.671. The minimum atomic E-state index is -1.39. The highest BCUT2D eigenvalue weighted by molar-refractivity contribution is 5.92. The van der Waals surface area contributed by atoms with Crippen molar-refractivity contribution in [2.45, 2.75) is 58.0 Å². The molecule has 0 amide bonds. The van der Waals surface area contributed by atoms with E-state index in [1.54, 1.807) is 33.2 Å². The van der Waals surface area contributed by atoms with E-state index in [-0.39, 0.29) is 36.6 Å². The number of methoxy groups -OCH3 is 2. The van der Waals surface area contributed by atoms with Gasteiger partial charge >= 0.3 is 5.97 Å². The summed E-state index contributed by atoms with van der Waals surface area (Å²) >= 11 is 0. The van der Waals surface area contributed by atoms with Crippen LogP contribution in [0.15, 0.2) is 54.3 Å². The number of nitrogens with zero attached hydrogens (tertiary/aromatic N) is 3. The first-order valence-electron chi connectivity index (χ1n) is 12.2. The molecule has 2 aliphatic rings. The third-order valence-electron chi connectivity index (χ3n) is 7.00. The Labute approximate surface area is 211 Å². The van der Waals surface area contributed by atoms with Crippen LogP contribution in [0, 0.1) is 5.92 Å². The van der Waals surface area contributed by atoms with E-state index in [4.69, 9.17) is 9.47 Å². The molecule has 2 unspecified atom stereocenters. The van der Waals surface area contributed by atoms with Crippen molar-refractivity contribution < 1.29 is 23.5 Å². The van der Waals surface area contributed by atoms with Gasteiger partial charge in [0, 0.05) is 50.0 Å². The number of ether oxygens (including phenoxy) is 2. The number of carbonyl (C=O) groups is 2. The molecule has 2 aromatic rings. The number of hydrogen-bond acceptors (Lipinski definition) is 6. The number of aromatic nitrogens is 2. The molecule has 1 aliphatic carbocycles. The first kappa shape index (κ1) is 26.0. The van der Waals surface area contributed by atoms with Gasteiger partial charge in [-0.3, -0.25) is 9.69 Å². The van der Waals surface area contributed by atoms with Crippen molar-refractivity contribution in [1.82, 2.24) is 14.7 Å². The van der Waals surface area contributed by atoms with Crippen LogP contribution < -0.4 is 0 Å². The standard InChI is InChI=1S/C28H34FN3O4/c1-17-13-22-20(10-11-24-23(22)15-30-32(24)18(2)33)27(31(17)16-28(3,4)29)21-9-7-19(14-25(21)35-5)8-12-26(34)36-6/h7-12,14-15,17,21,25,27H,13,16H2,1-6H3/b12-8+/t17-,21?,25?,27+/m1/s1. The van der Waals surface area contributed by atoms with Gasteiger partial charge in [0.25, 0.3) is 0 Å². The molecule has 8 heteroatoms. The first-order chi connectivity index (χ1) is 17.0. The van der Waals surface area contributed by atoms with Gasteiger partial charge in [-0.15, -0.1) is 0 Å². The second kappa shape index (κ2) is 10.1. The Kier molecular flexibility index (Phi) is 7.29. The predicted octanol–water partition coefficient (Wildman–Crippen LogP) is 4.59. The Morgan fingerprint density at radius 2 is 2.03 bits per heavy atom. The lowest BCUT2D eigenvalue weighted by atomic mass is 9.76. The minimum Gasteiger partial charge on any atom is -0.466 e. The molecule has 192 valence electrons. The Morgan fingerprint density at radius 1 is 1.28 bits per heavy atom. The lowest BCUT2D eigenvalue weighted by molar-refractivity contribution is -0.134. The Hall–Kier alpha value is -3.10. The van der Waals surface area contributed by atoms with Gasteiger partial charge in [0.15, 0.2) is 0 Å². The van der Waals surface area contributed by atoms with E-state index < -0.39 is 11.6 Å². The molecule has 0 fully saturated rings. The fraction of sp³-hybridized carbons (Fsp3) is 0.464. The zero-order valence-corrected chi connectivity index (χ0v) is 21.7. The van der Waals surface area contributed by atoms with Gasteiger partial charge in [-0.2, -0.15) is 5.10 Å². The van der Waals surface area contributed by atoms with Gasteiger partial charge in [0.1, 0.15) is 5.67 Å². The third kappa shape index (κ3) is 5.06. The van der Waals surface area contributed by atoms with Gasteiger partial charge < -0.3 is 9.47 Å². The van der Waals surface area contributed by atoms with E-state index in [0.717, 1.165) is 34.0 Å². The highest BCUT2D eigenvalue weighted by Crippen LogP contribution is 2.45. The second-order valence-corrected chi connectivity index (χ2v) is 10.2. The lowest BCUT2D eigenvalue weighted by Gasteiger charge is -2.48.